The fourth-order valence-electron chi connectivity index (χ4n) is 2.86. The number of nitrogens with one attached hydrogen (secondary N) is 4. The molecule has 1 heterocycles. The summed E-state index contributed by atoms with van der Waals surface area (Å²) in [6.07, 6.45) is 1.42. The van der Waals surface area contributed by atoms with Crippen molar-refractivity contribution in [3.63, 3.8) is 0 Å². The molecule has 0 saturated heterocycles. The van der Waals surface area contributed by atoms with Gasteiger partial charge in [0.1, 0.15) is 6.04 Å². The molecule has 0 spiro atoms. The summed E-state index contributed by atoms with van der Waals surface area (Å²) >= 11 is 0. The Bertz CT molecular complexity index is 1030. The Morgan fingerprint density at radius 2 is 1.45 bits per heavy atom. The highest BCUT2D eigenvalue weighted by Crippen LogP contribution is 2.17. The summed E-state index contributed by atoms with van der Waals surface area (Å²) in [7, 11) is 0. The molecular weight excluding hydrogens is 396 g/mol. The molecule has 8 heteroatoms. The fourth-order valence-corrected chi connectivity index (χ4v) is 2.86. The maximum absolute atomic E-state index is 12.8. The minimum Gasteiger partial charge on any atom is -0.459 e. The van der Waals surface area contributed by atoms with Crippen molar-refractivity contribution in [1.29, 1.82) is 0 Å². The van der Waals surface area contributed by atoms with E-state index >= 15 is 0 Å². The monoisotopic (exact) mass is 420 g/mol. The molecule has 31 heavy (non-hydrogen) atoms. The number of carbonyl (C=O) groups is 3. The van der Waals surface area contributed by atoms with Gasteiger partial charge >= 0.3 is 6.03 Å². The van der Waals surface area contributed by atoms with Crippen LogP contribution in [0.2, 0.25) is 0 Å². The SMILES string of the molecule is CC(C)C(NC(=O)Nc1ccccc1)C(=O)Nc1cccc(NC(=O)c2ccco2)c1. The Balaban J connectivity index is 1.62. The predicted molar refractivity (Wildman–Crippen MR) is 119 cm³/mol. The van der Waals surface area contributed by atoms with E-state index in [0.29, 0.717) is 17.1 Å². The number of benzene rings is 2. The van der Waals surface area contributed by atoms with Crippen LogP contribution < -0.4 is 21.3 Å². The molecule has 1 aromatic heterocycles. The van der Waals surface area contributed by atoms with Crippen molar-refractivity contribution in [3.8, 4) is 0 Å². The van der Waals surface area contributed by atoms with E-state index in [4.69, 9.17) is 4.42 Å². The van der Waals surface area contributed by atoms with Crippen LogP contribution in [-0.2, 0) is 4.79 Å². The first-order valence-electron chi connectivity index (χ1n) is 9.80. The van der Waals surface area contributed by atoms with Crippen LogP contribution in [0.15, 0.2) is 77.4 Å². The van der Waals surface area contributed by atoms with Crippen LogP contribution >= 0.6 is 0 Å². The van der Waals surface area contributed by atoms with E-state index in [-0.39, 0.29) is 17.6 Å². The highest BCUT2D eigenvalue weighted by atomic mass is 16.3. The Kier molecular flexibility index (Phi) is 7.05. The molecule has 3 rings (SSSR count). The first kappa shape index (κ1) is 21.6. The van der Waals surface area contributed by atoms with Gasteiger partial charge in [0.25, 0.3) is 5.91 Å². The second-order valence-electron chi connectivity index (χ2n) is 7.19. The molecule has 2 aromatic carbocycles. The molecule has 1 atom stereocenters. The van der Waals surface area contributed by atoms with E-state index in [1.165, 1.54) is 6.26 Å². The molecular formula is C23H24N4O4. The Morgan fingerprint density at radius 3 is 2.10 bits per heavy atom. The summed E-state index contributed by atoms with van der Waals surface area (Å²) in [5, 5.41) is 10.9. The van der Waals surface area contributed by atoms with E-state index in [0.717, 1.165) is 0 Å². The molecule has 0 aliphatic carbocycles. The van der Waals surface area contributed by atoms with Crippen molar-refractivity contribution in [3.05, 3.63) is 78.8 Å². The lowest BCUT2D eigenvalue weighted by molar-refractivity contribution is -0.118. The maximum Gasteiger partial charge on any atom is 0.319 e. The second-order valence-corrected chi connectivity index (χ2v) is 7.19. The summed E-state index contributed by atoms with van der Waals surface area (Å²) < 4.78 is 5.07. The standard InChI is InChI=1S/C23H24N4O4/c1-15(2)20(27-23(30)26-16-8-4-3-5-9-16)22(29)25-18-11-6-10-17(14-18)24-21(28)19-12-7-13-31-19/h3-15,20H,1-2H3,(H,24,28)(H,25,29)(H2,26,27,30). The number of anilines is 3. The van der Waals surface area contributed by atoms with Gasteiger partial charge in [-0.3, -0.25) is 9.59 Å². The largest absolute Gasteiger partial charge is 0.459 e. The van der Waals surface area contributed by atoms with Gasteiger partial charge in [0.2, 0.25) is 5.91 Å². The number of para-hydroxylation sites is 1. The molecule has 4 N–H and O–H groups in total. The number of urea groups is 1. The summed E-state index contributed by atoms with van der Waals surface area (Å²) in [6, 6.07) is 17.6. The van der Waals surface area contributed by atoms with Gasteiger partial charge in [-0.15, -0.1) is 0 Å². The van der Waals surface area contributed by atoms with Gasteiger partial charge in [-0.05, 0) is 48.4 Å². The number of rotatable bonds is 7. The average Bonchev–Trinajstić information content (AvgIpc) is 3.28. The molecule has 3 aromatic rings. The quantitative estimate of drug-likeness (QED) is 0.456. The van der Waals surface area contributed by atoms with Crippen LogP contribution in [0.4, 0.5) is 21.9 Å². The summed E-state index contributed by atoms with van der Waals surface area (Å²) in [6.45, 7) is 3.68. The van der Waals surface area contributed by atoms with E-state index in [1.807, 2.05) is 19.9 Å². The van der Waals surface area contributed by atoms with Gasteiger partial charge in [-0.1, -0.05) is 38.1 Å². The maximum atomic E-state index is 12.8. The fraction of sp³-hybridized carbons (Fsp3) is 0.174. The molecule has 0 fully saturated rings. The van der Waals surface area contributed by atoms with Crippen molar-refractivity contribution in [2.24, 2.45) is 5.92 Å². The van der Waals surface area contributed by atoms with Crippen LogP contribution in [0.5, 0.6) is 0 Å². The van der Waals surface area contributed by atoms with Gasteiger partial charge in [0, 0.05) is 17.1 Å². The molecule has 0 bridgehead atoms. The summed E-state index contributed by atoms with van der Waals surface area (Å²) in [4.78, 5) is 37.3. The molecule has 160 valence electrons. The zero-order valence-electron chi connectivity index (χ0n) is 17.2. The average molecular weight is 420 g/mol. The first-order valence-corrected chi connectivity index (χ1v) is 9.80. The lowest BCUT2D eigenvalue weighted by atomic mass is 10.0. The van der Waals surface area contributed by atoms with Gasteiger partial charge in [-0.25, -0.2) is 4.79 Å². The normalized spacial score (nSPS) is 11.5. The highest BCUT2D eigenvalue weighted by Gasteiger charge is 2.24. The minimum atomic E-state index is -0.759. The third kappa shape index (κ3) is 6.20. The van der Waals surface area contributed by atoms with Crippen molar-refractivity contribution >= 4 is 34.9 Å². The van der Waals surface area contributed by atoms with Crippen LogP contribution in [0.1, 0.15) is 24.4 Å². The lowest BCUT2D eigenvalue weighted by Gasteiger charge is -2.22. The number of hydrogen-bond donors (Lipinski definition) is 4. The molecule has 0 saturated carbocycles. The molecule has 4 amide bonds. The smallest absolute Gasteiger partial charge is 0.319 e. The van der Waals surface area contributed by atoms with Crippen LogP contribution in [-0.4, -0.2) is 23.9 Å². The number of hydrogen-bond acceptors (Lipinski definition) is 4. The van der Waals surface area contributed by atoms with Crippen molar-refractivity contribution in [1.82, 2.24) is 5.32 Å². The zero-order chi connectivity index (χ0) is 22.2. The van der Waals surface area contributed by atoms with Crippen LogP contribution in [0, 0.1) is 5.92 Å². The minimum absolute atomic E-state index is 0.150. The van der Waals surface area contributed by atoms with E-state index in [2.05, 4.69) is 21.3 Å². The summed E-state index contributed by atoms with van der Waals surface area (Å²) in [5.41, 5.74) is 1.61. The third-order valence-electron chi connectivity index (χ3n) is 4.40. The van der Waals surface area contributed by atoms with Crippen molar-refractivity contribution in [2.45, 2.75) is 19.9 Å². The molecule has 0 radical (unpaired) electrons. The van der Waals surface area contributed by atoms with E-state index in [9.17, 15) is 14.4 Å². The van der Waals surface area contributed by atoms with Crippen LogP contribution in [0.3, 0.4) is 0 Å². The lowest BCUT2D eigenvalue weighted by Crippen LogP contribution is -2.48. The van der Waals surface area contributed by atoms with Gasteiger partial charge < -0.3 is 25.7 Å². The van der Waals surface area contributed by atoms with E-state index in [1.54, 1.807) is 60.7 Å². The molecule has 1 unspecified atom stereocenters. The Morgan fingerprint density at radius 1 is 0.774 bits per heavy atom. The van der Waals surface area contributed by atoms with Gasteiger partial charge in [-0.2, -0.15) is 0 Å². The third-order valence-corrected chi connectivity index (χ3v) is 4.40. The highest BCUT2D eigenvalue weighted by molar-refractivity contribution is 6.03. The molecule has 8 nitrogen and oxygen atoms in total. The van der Waals surface area contributed by atoms with Gasteiger partial charge in [0.15, 0.2) is 5.76 Å². The molecule has 0 aliphatic rings. The topological polar surface area (TPSA) is 112 Å². The number of carbonyl (C=O) groups excluding carboxylic acids is 3. The van der Waals surface area contributed by atoms with E-state index < -0.39 is 18.0 Å². The Hall–Kier alpha value is -4.07. The van der Waals surface area contributed by atoms with Crippen molar-refractivity contribution in [2.75, 3.05) is 16.0 Å². The zero-order valence-corrected chi connectivity index (χ0v) is 17.2. The first-order chi connectivity index (χ1) is 14.9. The molecule has 0 aliphatic heterocycles. The second kappa shape index (κ2) is 10.1. The predicted octanol–water partition coefficient (Wildman–Crippen LogP) is 4.32. The Labute approximate surface area is 180 Å². The number of furan rings is 1. The van der Waals surface area contributed by atoms with Crippen molar-refractivity contribution < 1.29 is 18.8 Å². The number of amides is 4. The van der Waals surface area contributed by atoms with Gasteiger partial charge in [0.05, 0.1) is 6.26 Å². The van der Waals surface area contributed by atoms with Crippen LogP contribution in [0.25, 0.3) is 0 Å². The summed E-state index contributed by atoms with van der Waals surface area (Å²) in [5.74, 6) is -0.730.